The van der Waals surface area contributed by atoms with E-state index in [-0.39, 0.29) is 6.03 Å². The fourth-order valence-corrected chi connectivity index (χ4v) is 2.78. The minimum absolute atomic E-state index is 0.175. The number of ether oxygens (including phenoxy) is 1. The van der Waals surface area contributed by atoms with Gasteiger partial charge in [0.05, 0.1) is 7.11 Å². The number of piperazine rings is 1. The highest BCUT2D eigenvalue weighted by molar-refractivity contribution is 5.74. The van der Waals surface area contributed by atoms with Crippen molar-refractivity contribution in [1.82, 2.24) is 14.7 Å². The topological polar surface area (TPSA) is 36.0 Å². The van der Waals surface area contributed by atoms with Crippen LogP contribution in [0.1, 0.15) is 19.4 Å². The van der Waals surface area contributed by atoms with Crippen LogP contribution in [0.25, 0.3) is 0 Å². The van der Waals surface area contributed by atoms with Gasteiger partial charge >= 0.3 is 6.03 Å². The maximum atomic E-state index is 12.3. The monoisotopic (exact) mass is 305 g/mol. The van der Waals surface area contributed by atoms with E-state index in [4.69, 9.17) is 4.74 Å². The van der Waals surface area contributed by atoms with E-state index in [1.165, 1.54) is 5.56 Å². The molecule has 2 rings (SSSR count). The number of hydrogen-bond donors (Lipinski definition) is 0. The number of amides is 2. The molecule has 0 atom stereocenters. The molecule has 0 radical (unpaired) electrons. The van der Waals surface area contributed by atoms with Crippen LogP contribution in [-0.2, 0) is 6.54 Å². The van der Waals surface area contributed by atoms with Crippen LogP contribution in [0.5, 0.6) is 5.75 Å². The molecule has 0 aromatic heterocycles. The number of nitrogens with zero attached hydrogens (tertiary/aromatic N) is 3. The SMILES string of the molecule is CCN(CC)C(=O)N1CCN(Cc2ccc(OC)cc2)CC1. The van der Waals surface area contributed by atoms with Crippen molar-refractivity contribution in [1.29, 1.82) is 0 Å². The summed E-state index contributed by atoms with van der Waals surface area (Å²) in [6.07, 6.45) is 0. The number of urea groups is 1. The van der Waals surface area contributed by atoms with Crippen molar-refractivity contribution in [2.24, 2.45) is 0 Å². The fourth-order valence-electron chi connectivity index (χ4n) is 2.78. The summed E-state index contributed by atoms with van der Waals surface area (Å²) in [5.74, 6) is 0.887. The highest BCUT2D eigenvalue weighted by Crippen LogP contribution is 2.14. The van der Waals surface area contributed by atoms with E-state index in [9.17, 15) is 4.79 Å². The Kier molecular flexibility index (Phi) is 6.07. The van der Waals surface area contributed by atoms with Crippen molar-refractivity contribution < 1.29 is 9.53 Å². The first kappa shape index (κ1) is 16.6. The average Bonchev–Trinajstić information content (AvgIpc) is 2.57. The molecule has 1 heterocycles. The van der Waals surface area contributed by atoms with E-state index in [0.29, 0.717) is 0 Å². The first-order valence-corrected chi connectivity index (χ1v) is 8.07. The van der Waals surface area contributed by atoms with Crippen molar-refractivity contribution in [2.45, 2.75) is 20.4 Å². The maximum Gasteiger partial charge on any atom is 0.320 e. The summed E-state index contributed by atoms with van der Waals surface area (Å²) < 4.78 is 5.18. The fraction of sp³-hybridized carbons (Fsp3) is 0.588. The third-order valence-corrected chi connectivity index (χ3v) is 4.24. The molecular formula is C17H27N3O2. The third kappa shape index (κ3) is 4.13. The Hall–Kier alpha value is -1.75. The third-order valence-electron chi connectivity index (χ3n) is 4.24. The maximum absolute atomic E-state index is 12.3. The summed E-state index contributed by atoms with van der Waals surface area (Å²) in [6.45, 7) is 10.0. The lowest BCUT2D eigenvalue weighted by Crippen LogP contribution is -2.52. The van der Waals surface area contributed by atoms with Gasteiger partial charge in [0.25, 0.3) is 0 Å². The average molecular weight is 305 g/mol. The minimum atomic E-state index is 0.175. The molecule has 0 unspecified atom stereocenters. The van der Waals surface area contributed by atoms with Crippen LogP contribution in [0.15, 0.2) is 24.3 Å². The van der Waals surface area contributed by atoms with Gasteiger partial charge in [0.1, 0.15) is 5.75 Å². The molecule has 0 bridgehead atoms. The van der Waals surface area contributed by atoms with Gasteiger partial charge < -0.3 is 14.5 Å². The molecule has 5 nitrogen and oxygen atoms in total. The van der Waals surface area contributed by atoms with Gasteiger partial charge in [-0.25, -0.2) is 4.79 Å². The Balaban J connectivity index is 1.82. The summed E-state index contributed by atoms with van der Waals surface area (Å²) in [4.78, 5) is 18.6. The van der Waals surface area contributed by atoms with Gasteiger partial charge in [-0.1, -0.05) is 12.1 Å². The molecule has 1 fully saturated rings. The van der Waals surface area contributed by atoms with E-state index in [1.54, 1.807) is 7.11 Å². The van der Waals surface area contributed by atoms with Crippen LogP contribution in [-0.4, -0.2) is 67.1 Å². The van der Waals surface area contributed by atoms with Gasteiger partial charge in [-0.05, 0) is 31.5 Å². The molecule has 122 valence electrons. The Morgan fingerprint density at radius 1 is 1.09 bits per heavy atom. The normalized spacial score (nSPS) is 15.7. The second kappa shape index (κ2) is 8.03. The zero-order chi connectivity index (χ0) is 15.9. The smallest absolute Gasteiger partial charge is 0.320 e. The number of carbonyl (C=O) groups excluding carboxylic acids is 1. The molecule has 0 N–H and O–H groups in total. The number of hydrogen-bond acceptors (Lipinski definition) is 3. The second-order valence-corrected chi connectivity index (χ2v) is 5.57. The largest absolute Gasteiger partial charge is 0.497 e. The highest BCUT2D eigenvalue weighted by Gasteiger charge is 2.23. The summed E-state index contributed by atoms with van der Waals surface area (Å²) in [5.41, 5.74) is 1.28. The van der Waals surface area contributed by atoms with Crippen LogP contribution in [0.2, 0.25) is 0 Å². The molecule has 5 heteroatoms. The van der Waals surface area contributed by atoms with Crippen LogP contribution >= 0.6 is 0 Å². The molecule has 2 amide bonds. The molecule has 1 aliphatic rings. The second-order valence-electron chi connectivity index (χ2n) is 5.57. The van der Waals surface area contributed by atoms with Gasteiger partial charge in [0.15, 0.2) is 0 Å². The van der Waals surface area contributed by atoms with E-state index in [0.717, 1.165) is 51.6 Å². The van der Waals surface area contributed by atoms with Crippen molar-refractivity contribution >= 4 is 6.03 Å². The molecule has 22 heavy (non-hydrogen) atoms. The van der Waals surface area contributed by atoms with E-state index in [1.807, 2.05) is 35.8 Å². The van der Waals surface area contributed by atoms with Gasteiger partial charge in [0, 0.05) is 45.8 Å². The predicted molar refractivity (Wildman–Crippen MR) is 88.2 cm³/mol. The summed E-state index contributed by atoms with van der Waals surface area (Å²) in [6, 6.07) is 8.37. The lowest BCUT2D eigenvalue weighted by atomic mass is 10.2. The molecular weight excluding hydrogens is 278 g/mol. The van der Waals surface area contributed by atoms with Crippen molar-refractivity contribution in [3.05, 3.63) is 29.8 Å². The highest BCUT2D eigenvalue weighted by atomic mass is 16.5. The molecule has 1 aliphatic heterocycles. The number of methoxy groups -OCH3 is 1. The van der Waals surface area contributed by atoms with Crippen molar-refractivity contribution in [3.8, 4) is 5.75 Å². The van der Waals surface area contributed by atoms with Crippen LogP contribution < -0.4 is 4.74 Å². The van der Waals surface area contributed by atoms with Crippen LogP contribution in [0.4, 0.5) is 4.79 Å². The predicted octanol–water partition coefficient (Wildman–Crippen LogP) is 2.27. The summed E-state index contributed by atoms with van der Waals surface area (Å²) in [5, 5.41) is 0. The Morgan fingerprint density at radius 2 is 1.68 bits per heavy atom. The Morgan fingerprint density at radius 3 is 2.18 bits per heavy atom. The number of rotatable bonds is 5. The molecule has 1 aromatic rings. The van der Waals surface area contributed by atoms with Crippen LogP contribution in [0, 0.1) is 0 Å². The first-order chi connectivity index (χ1) is 10.7. The van der Waals surface area contributed by atoms with Crippen LogP contribution in [0.3, 0.4) is 0 Å². The van der Waals surface area contributed by atoms with Gasteiger partial charge in [-0.15, -0.1) is 0 Å². The van der Waals surface area contributed by atoms with Crippen molar-refractivity contribution in [3.63, 3.8) is 0 Å². The molecule has 0 aliphatic carbocycles. The molecule has 0 spiro atoms. The number of benzene rings is 1. The first-order valence-electron chi connectivity index (χ1n) is 8.07. The van der Waals surface area contributed by atoms with Crippen molar-refractivity contribution in [2.75, 3.05) is 46.4 Å². The zero-order valence-corrected chi connectivity index (χ0v) is 13.9. The van der Waals surface area contributed by atoms with E-state index in [2.05, 4.69) is 17.0 Å². The quantitative estimate of drug-likeness (QED) is 0.837. The lowest BCUT2D eigenvalue weighted by molar-refractivity contribution is 0.112. The number of carbonyl (C=O) groups is 1. The summed E-state index contributed by atoms with van der Waals surface area (Å²) >= 11 is 0. The molecule has 1 saturated heterocycles. The molecule has 1 aromatic carbocycles. The van der Waals surface area contributed by atoms with E-state index >= 15 is 0 Å². The Bertz CT molecular complexity index is 463. The zero-order valence-electron chi connectivity index (χ0n) is 13.9. The molecule has 0 saturated carbocycles. The minimum Gasteiger partial charge on any atom is -0.497 e. The van der Waals surface area contributed by atoms with Gasteiger partial charge in [-0.2, -0.15) is 0 Å². The van der Waals surface area contributed by atoms with E-state index < -0.39 is 0 Å². The van der Waals surface area contributed by atoms with Gasteiger partial charge in [-0.3, -0.25) is 4.90 Å². The standard InChI is InChI=1S/C17H27N3O2/c1-4-19(5-2)17(21)20-12-10-18(11-13-20)14-15-6-8-16(22-3)9-7-15/h6-9H,4-5,10-14H2,1-3H3. The lowest BCUT2D eigenvalue weighted by Gasteiger charge is -2.37. The van der Waals surface area contributed by atoms with Gasteiger partial charge in [0.2, 0.25) is 0 Å². The Labute approximate surface area is 133 Å². The summed E-state index contributed by atoms with van der Waals surface area (Å²) in [7, 11) is 1.68.